The van der Waals surface area contributed by atoms with Crippen molar-refractivity contribution in [1.29, 1.82) is 0 Å². The zero-order valence-electron chi connectivity index (χ0n) is 12.6. The second kappa shape index (κ2) is 6.14. The largest absolute Gasteiger partial charge is 0.384 e. The van der Waals surface area contributed by atoms with Crippen molar-refractivity contribution in [2.45, 2.75) is 31.5 Å². The van der Waals surface area contributed by atoms with Gasteiger partial charge in [-0.3, -0.25) is 4.90 Å². The van der Waals surface area contributed by atoms with Crippen molar-refractivity contribution in [2.24, 2.45) is 0 Å². The summed E-state index contributed by atoms with van der Waals surface area (Å²) in [6, 6.07) is 10.6. The molecular formula is C18H24N2O. The standard InChI is InChI=1S/C18H24N2O/c1-15-7-9-18(21,10-8-15)17-13-19-11-12-20(17)14-16-5-3-2-4-6-16/h2-9,17,19,21H,10-14H2,1H3/t17-,18+/m0/s1. The third kappa shape index (κ3) is 3.26. The van der Waals surface area contributed by atoms with Gasteiger partial charge in [-0.05, 0) is 18.9 Å². The quantitative estimate of drug-likeness (QED) is 0.892. The molecule has 0 saturated carbocycles. The monoisotopic (exact) mass is 284 g/mol. The van der Waals surface area contributed by atoms with Gasteiger partial charge in [0.15, 0.2) is 0 Å². The molecular weight excluding hydrogens is 260 g/mol. The molecule has 3 nitrogen and oxygen atoms in total. The molecule has 2 N–H and O–H groups in total. The highest BCUT2D eigenvalue weighted by atomic mass is 16.3. The van der Waals surface area contributed by atoms with Crippen LogP contribution in [0.5, 0.6) is 0 Å². The number of hydrogen-bond acceptors (Lipinski definition) is 3. The van der Waals surface area contributed by atoms with Crippen LogP contribution in [-0.4, -0.2) is 41.3 Å². The normalized spacial score (nSPS) is 30.2. The minimum absolute atomic E-state index is 0.118. The molecule has 1 fully saturated rings. The first-order valence-corrected chi connectivity index (χ1v) is 7.74. The number of nitrogens with zero attached hydrogens (tertiary/aromatic N) is 1. The van der Waals surface area contributed by atoms with Crippen LogP contribution in [0.15, 0.2) is 54.1 Å². The first-order chi connectivity index (χ1) is 10.2. The molecule has 2 aliphatic rings. The van der Waals surface area contributed by atoms with Crippen LogP contribution in [0, 0.1) is 0 Å². The number of allylic oxidation sites excluding steroid dienone is 2. The van der Waals surface area contributed by atoms with Gasteiger partial charge in [-0.15, -0.1) is 0 Å². The van der Waals surface area contributed by atoms with Crippen LogP contribution >= 0.6 is 0 Å². The fourth-order valence-electron chi connectivity index (χ4n) is 3.23. The maximum Gasteiger partial charge on any atom is 0.103 e. The summed E-state index contributed by atoms with van der Waals surface area (Å²) in [5.74, 6) is 0. The minimum atomic E-state index is -0.762. The predicted octanol–water partition coefficient (Wildman–Crippen LogP) is 2.10. The lowest BCUT2D eigenvalue weighted by atomic mass is 9.83. The van der Waals surface area contributed by atoms with Crippen molar-refractivity contribution in [3.63, 3.8) is 0 Å². The summed E-state index contributed by atoms with van der Waals surface area (Å²) in [6.45, 7) is 5.76. The Hall–Kier alpha value is -1.42. The first kappa shape index (κ1) is 14.5. The molecule has 3 heteroatoms. The Labute approximate surface area is 127 Å². The molecule has 0 aromatic heterocycles. The number of nitrogens with one attached hydrogen (secondary N) is 1. The Bertz CT molecular complexity index is 537. The Morgan fingerprint density at radius 1 is 1.33 bits per heavy atom. The molecule has 1 aromatic rings. The van der Waals surface area contributed by atoms with Crippen molar-refractivity contribution < 1.29 is 5.11 Å². The Morgan fingerprint density at radius 3 is 2.86 bits per heavy atom. The van der Waals surface area contributed by atoms with Gasteiger partial charge < -0.3 is 10.4 Å². The van der Waals surface area contributed by atoms with Gasteiger partial charge in [0, 0.05) is 26.2 Å². The van der Waals surface area contributed by atoms with Gasteiger partial charge in [0.1, 0.15) is 5.60 Å². The van der Waals surface area contributed by atoms with Gasteiger partial charge >= 0.3 is 0 Å². The van der Waals surface area contributed by atoms with Crippen LogP contribution in [0.2, 0.25) is 0 Å². The maximum absolute atomic E-state index is 11.0. The van der Waals surface area contributed by atoms with Crippen molar-refractivity contribution in [3.8, 4) is 0 Å². The molecule has 1 aromatic carbocycles. The van der Waals surface area contributed by atoms with Gasteiger partial charge in [0.05, 0.1) is 6.04 Å². The molecule has 3 rings (SSSR count). The van der Waals surface area contributed by atoms with E-state index in [1.807, 2.05) is 18.2 Å². The average Bonchev–Trinajstić information content (AvgIpc) is 2.52. The summed E-state index contributed by atoms with van der Waals surface area (Å²) in [7, 11) is 0. The van der Waals surface area contributed by atoms with E-state index in [4.69, 9.17) is 0 Å². The summed E-state index contributed by atoms with van der Waals surface area (Å²) in [4.78, 5) is 2.41. The molecule has 0 spiro atoms. The van der Waals surface area contributed by atoms with Crippen LogP contribution in [-0.2, 0) is 6.54 Å². The minimum Gasteiger partial charge on any atom is -0.384 e. The van der Waals surface area contributed by atoms with E-state index in [0.29, 0.717) is 6.42 Å². The zero-order valence-corrected chi connectivity index (χ0v) is 12.6. The van der Waals surface area contributed by atoms with Crippen molar-refractivity contribution in [3.05, 3.63) is 59.7 Å². The summed E-state index contributed by atoms with van der Waals surface area (Å²) < 4.78 is 0. The lowest BCUT2D eigenvalue weighted by Gasteiger charge is -2.45. The van der Waals surface area contributed by atoms with Crippen LogP contribution < -0.4 is 5.32 Å². The maximum atomic E-state index is 11.0. The third-order valence-corrected chi connectivity index (χ3v) is 4.55. The highest BCUT2D eigenvalue weighted by molar-refractivity contribution is 5.28. The summed E-state index contributed by atoms with van der Waals surface area (Å²) >= 11 is 0. The average molecular weight is 284 g/mol. The highest BCUT2D eigenvalue weighted by Crippen LogP contribution is 2.29. The summed E-state index contributed by atoms with van der Waals surface area (Å²) in [6.07, 6.45) is 6.86. The molecule has 0 amide bonds. The van der Waals surface area contributed by atoms with Crippen molar-refractivity contribution in [2.75, 3.05) is 19.6 Å². The van der Waals surface area contributed by atoms with Gasteiger partial charge in [0.2, 0.25) is 0 Å². The molecule has 2 atom stereocenters. The Kier molecular flexibility index (Phi) is 4.24. The lowest BCUT2D eigenvalue weighted by molar-refractivity contribution is -0.0237. The van der Waals surface area contributed by atoms with Gasteiger partial charge in [-0.25, -0.2) is 0 Å². The first-order valence-electron chi connectivity index (χ1n) is 7.74. The molecule has 0 bridgehead atoms. The fourth-order valence-corrected chi connectivity index (χ4v) is 3.23. The summed E-state index contributed by atoms with van der Waals surface area (Å²) in [5, 5.41) is 14.5. The number of rotatable bonds is 3. The smallest absolute Gasteiger partial charge is 0.103 e. The molecule has 1 heterocycles. The summed E-state index contributed by atoms with van der Waals surface area (Å²) in [5.41, 5.74) is 1.78. The number of hydrogen-bond donors (Lipinski definition) is 2. The number of benzene rings is 1. The topological polar surface area (TPSA) is 35.5 Å². The Morgan fingerprint density at radius 2 is 2.14 bits per heavy atom. The Balaban J connectivity index is 1.77. The zero-order chi connectivity index (χ0) is 14.7. The van der Waals surface area contributed by atoms with Crippen LogP contribution in [0.1, 0.15) is 18.9 Å². The molecule has 0 radical (unpaired) electrons. The van der Waals surface area contributed by atoms with E-state index in [0.717, 1.165) is 26.2 Å². The SMILES string of the molecule is CC1=CC[C@@](O)([C@@H]2CNCCN2Cc2ccccc2)C=C1. The van der Waals surface area contributed by atoms with E-state index in [1.165, 1.54) is 11.1 Å². The van der Waals surface area contributed by atoms with E-state index in [9.17, 15) is 5.11 Å². The van der Waals surface area contributed by atoms with Crippen LogP contribution in [0.4, 0.5) is 0 Å². The lowest BCUT2D eigenvalue weighted by Crippen LogP contribution is -2.61. The van der Waals surface area contributed by atoms with Crippen molar-refractivity contribution >= 4 is 0 Å². The van der Waals surface area contributed by atoms with Crippen molar-refractivity contribution in [1.82, 2.24) is 10.2 Å². The predicted molar refractivity (Wildman–Crippen MR) is 86.0 cm³/mol. The van der Waals surface area contributed by atoms with E-state index in [2.05, 4.69) is 47.5 Å². The van der Waals surface area contributed by atoms with Gasteiger partial charge in [-0.2, -0.15) is 0 Å². The number of piperazine rings is 1. The third-order valence-electron chi connectivity index (χ3n) is 4.55. The van der Waals surface area contributed by atoms with E-state index >= 15 is 0 Å². The second-order valence-corrected chi connectivity index (χ2v) is 6.15. The van der Waals surface area contributed by atoms with E-state index in [-0.39, 0.29) is 6.04 Å². The molecule has 112 valence electrons. The van der Waals surface area contributed by atoms with E-state index < -0.39 is 5.60 Å². The second-order valence-electron chi connectivity index (χ2n) is 6.15. The molecule has 21 heavy (non-hydrogen) atoms. The highest BCUT2D eigenvalue weighted by Gasteiger charge is 2.39. The molecule has 1 aliphatic heterocycles. The fraction of sp³-hybridized carbons (Fsp3) is 0.444. The molecule has 0 unspecified atom stereocenters. The van der Waals surface area contributed by atoms with Gasteiger partial charge in [0.25, 0.3) is 0 Å². The molecule has 1 saturated heterocycles. The van der Waals surface area contributed by atoms with E-state index in [1.54, 1.807) is 0 Å². The van der Waals surface area contributed by atoms with Crippen LogP contribution in [0.25, 0.3) is 0 Å². The molecule has 1 aliphatic carbocycles. The number of aliphatic hydroxyl groups is 1. The van der Waals surface area contributed by atoms with Crippen LogP contribution in [0.3, 0.4) is 0 Å². The van der Waals surface area contributed by atoms with Gasteiger partial charge in [-0.1, -0.05) is 54.1 Å².